The van der Waals surface area contributed by atoms with Crippen LogP contribution in [0.1, 0.15) is 41.8 Å². The molecule has 19 heavy (non-hydrogen) atoms. The van der Waals surface area contributed by atoms with Gasteiger partial charge < -0.3 is 4.42 Å². The summed E-state index contributed by atoms with van der Waals surface area (Å²) in [4.78, 5) is 13.8. The zero-order valence-corrected chi connectivity index (χ0v) is 11.1. The van der Waals surface area contributed by atoms with Crippen LogP contribution in [0.3, 0.4) is 0 Å². The Morgan fingerprint density at radius 1 is 1.32 bits per heavy atom. The summed E-state index contributed by atoms with van der Waals surface area (Å²) in [6, 6.07) is 1.79. The molecule has 0 spiro atoms. The predicted molar refractivity (Wildman–Crippen MR) is 71.1 cm³/mol. The lowest BCUT2D eigenvalue weighted by Crippen LogP contribution is -2.29. The number of nitrogens with zero attached hydrogens (tertiary/aromatic N) is 1. The quantitative estimate of drug-likeness (QED) is 0.444. The van der Waals surface area contributed by atoms with Gasteiger partial charge in [0.15, 0.2) is 0 Å². The Kier molecular flexibility index (Phi) is 3.57. The van der Waals surface area contributed by atoms with Crippen LogP contribution in [-0.4, -0.2) is 23.9 Å². The van der Waals surface area contributed by atoms with Crippen molar-refractivity contribution in [3.05, 3.63) is 23.7 Å². The number of carbonyl (C=O) groups is 1. The average molecular weight is 263 g/mol. The molecule has 2 aliphatic carbocycles. The molecule has 3 rings (SSSR count). The minimum atomic E-state index is -0.300. The predicted octanol–water partition coefficient (Wildman–Crippen LogP) is 1.51. The number of hydrazine groups is 1. The van der Waals surface area contributed by atoms with Crippen molar-refractivity contribution < 1.29 is 9.21 Å². The van der Waals surface area contributed by atoms with E-state index in [9.17, 15) is 4.79 Å². The second kappa shape index (κ2) is 5.35. The third kappa shape index (κ3) is 3.58. The molecule has 1 aromatic heterocycles. The van der Waals surface area contributed by atoms with Crippen molar-refractivity contribution in [3.63, 3.8) is 0 Å². The molecule has 5 nitrogen and oxygen atoms in total. The van der Waals surface area contributed by atoms with Gasteiger partial charge in [0, 0.05) is 13.1 Å². The number of nitrogen functional groups attached to an aromatic ring is 1. The number of nitrogens with one attached hydrogen (secondary N) is 1. The fourth-order valence-corrected chi connectivity index (χ4v) is 2.42. The molecule has 5 heteroatoms. The molecule has 2 aliphatic rings. The lowest BCUT2D eigenvalue weighted by Gasteiger charge is -2.20. The van der Waals surface area contributed by atoms with Gasteiger partial charge in [-0.25, -0.2) is 5.84 Å². The summed E-state index contributed by atoms with van der Waals surface area (Å²) in [6.45, 7) is 3.12. The van der Waals surface area contributed by atoms with Crippen LogP contribution >= 0.6 is 0 Å². The number of furan rings is 1. The molecular formula is C14H21N3O2. The lowest BCUT2D eigenvalue weighted by molar-refractivity contribution is 0.0953. The molecule has 1 amide bonds. The van der Waals surface area contributed by atoms with E-state index in [1.165, 1.54) is 31.9 Å². The van der Waals surface area contributed by atoms with Gasteiger partial charge >= 0.3 is 0 Å². The Labute approximate surface area is 113 Å². The highest BCUT2D eigenvalue weighted by atomic mass is 16.3. The monoisotopic (exact) mass is 263 g/mol. The molecule has 2 fully saturated rings. The van der Waals surface area contributed by atoms with Gasteiger partial charge in [-0.3, -0.25) is 15.1 Å². The fourth-order valence-electron chi connectivity index (χ4n) is 2.42. The number of amides is 1. The van der Waals surface area contributed by atoms with Crippen molar-refractivity contribution in [2.24, 2.45) is 17.7 Å². The van der Waals surface area contributed by atoms with Gasteiger partial charge in [-0.2, -0.15) is 0 Å². The van der Waals surface area contributed by atoms with E-state index in [2.05, 4.69) is 10.3 Å². The van der Waals surface area contributed by atoms with Crippen molar-refractivity contribution in [3.8, 4) is 0 Å². The molecule has 0 aromatic carbocycles. The van der Waals surface area contributed by atoms with Crippen LogP contribution in [0.2, 0.25) is 0 Å². The second-order valence-electron chi connectivity index (χ2n) is 5.86. The average Bonchev–Trinajstić information content (AvgIpc) is 3.32. The molecule has 104 valence electrons. The normalized spacial score (nSPS) is 18.8. The van der Waals surface area contributed by atoms with Gasteiger partial charge in [-0.05, 0) is 43.6 Å². The first-order valence-corrected chi connectivity index (χ1v) is 7.05. The smallest absolute Gasteiger partial charge is 0.268 e. The SMILES string of the molecule is NNC(=O)c1coc(CN(CC2CC2)CC2CC2)c1. The number of hydrogen-bond donors (Lipinski definition) is 2. The van der Waals surface area contributed by atoms with E-state index in [0.29, 0.717) is 5.56 Å². The summed E-state index contributed by atoms with van der Waals surface area (Å²) in [7, 11) is 0. The Morgan fingerprint density at radius 2 is 1.95 bits per heavy atom. The van der Waals surface area contributed by atoms with Crippen molar-refractivity contribution in [1.29, 1.82) is 0 Å². The molecule has 0 atom stereocenters. The van der Waals surface area contributed by atoms with Gasteiger partial charge in [0.05, 0.1) is 12.1 Å². The van der Waals surface area contributed by atoms with E-state index in [0.717, 1.165) is 37.2 Å². The minimum Gasteiger partial charge on any atom is -0.467 e. The van der Waals surface area contributed by atoms with Crippen molar-refractivity contribution in [2.45, 2.75) is 32.2 Å². The molecule has 1 aromatic rings. The highest BCUT2D eigenvalue weighted by Crippen LogP contribution is 2.34. The minimum absolute atomic E-state index is 0.300. The maximum atomic E-state index is 11.4. The van der Waals surface area contributed by atoms with Crippen LogP contribution < -0.4 is 11.3 Å². The van der Waals surface area contributed by atoms with E-state index in [1.54, 1.807) is 6.07 Å². The molecule has 1 heterocycles. The number of nitrogens with two attached hydrogens (primary N) is 1. The molecule has 0 saturated heterocycles. The fraction of sp³-hybridized carbons (Fsp3) is 0.643. The highest BCUT2D eigenvalue weighted by molar-refractivity contribution is 5.93. The summed E-state index contributed by atoms with van der Waals surface area (Å²) < 4.78 is 5.46. The van der Waals surface area contributed by atoms with Gasteiger partial charge in [0.25, 0.3) is 5.91 Å². The van der Waals surface area contributed by atoms with Crippen LogP contribution in [0.15, 0.2) is 16.7 Å². The highest BCUT2D eigenvalue weighted by Gasteiger charge is 2.29. The van der Waals surface area contributed by atoms with E-state index in [1.807, 2.05) is 0 Å². The van der Waals surface area contributed by atoms with Crippen LogP contribution in [0.5, 0.6) is 0 Å². The van der Waals surface area contributed by atoms with Gasteiger partial charge in [-0.15, -0.1) is 0 Å². The van der Waals surface area contributed by atoms with Crippen LogP contribution in [0.4, 0.5) is 0 Å². The van der Waals surface area contributed by atoms with Gasteiger partial charge in [0.2, 0.25) is 0 Å². The molecule has 0 radical (unpaired) electrons. The Morgan fingerprint density at radius 3 is 2.47 bits per heavy atom. The summed E-state index contributed by atoms with van der Waals surface area (Å²) in [5.41, 5.74) is 2.62. The number of rotatable bonds is 7. The molecule has 0 bridgehead atoms. The summed E-state index contributed by atoms with van der Waals surface area (Å²) in [6.07, 6.45) is 6.92. The number of carbonyl (C=O) groups excluding carboxylic acids is 1. The third-order valence-electron chi connectivity index (χ3n) is 3.85. The maximum Gasteiger partial charge on any atom is 0.268 e. The molecule has 2 saturated carbocycles. The van der Waals surface area contributed by atoms with Crippen LogP contribution in [-0.2, 0) is 6.54 Å². The van der Waals surface area contributed by atoms with E-state index in [-0.39, 0.29) is 5.91 Å². The molecular weight excluding hydrogens is 242 g/mol. The zero-order valence-electron chi connectivity index (χ0n) is 11.1. The molecule has 3 N–H and O–H groups in total. The van der Waals surface area contributed by atoms with E-state index < -0.39 is 0 Å². The van der Waals surface area contributed by atoms with Crippen LogP contribution in [0.25, 0.3) is 0 Å². The Bertz CT molecular complexity index is 435. The second-order valence-corrected chi connectivity index (χ2v) is 5.86. The lowest BCUT2D eigenvalue weighted by atomic mass is 10.2. The van der Waals surface area contributed by atoms with Gasteiger partial charge in [0.1, 0.15) is 12.0 Å². The first-order valence-electron chi connectivity index (χ1n) is 7.05. The van der Waals surface area contributed by atoms with Crippen molar-refractivity contribution >= 4 is 5.91 Å². The first kappa shape index (κ1) is 12.7. The van der Waals surface area contributed by atoms with E-state index >= 15 is 0 Å². The summed E-state index contributed by atoms with van der Waals surface area (Å²) in [5, 5.41) is 0. The van der Waals surface area contributed by atoms with Gasteiger partial charge in [-0.1, -0.05) is 0 Å². The number of hydrogen-bond acceptors (Lipinski definition) is 4. The summed E-state index contributed by atoms with van der Waals surface area (Å²) >= 11 is 0. The standard InChI is InChI=1S/C14H21N3O2/c15-16-14(18)12-5-13(19-9-12)8-17(6-10-1-2-10)7-11-3-4-11/h5,9-11H,1-4,6-8,15H2,(H,16,18). The maximum absolute atomic E-state index is 11.4. The third-order valence-corrected chi connectivity index (χ3v) is 3.85. The Hall–Kier alpha value is -1.33. The Balaban J connectivity index is 1.59. The molecule has 0 aliphatic heterocycles. The molecule has 0 unspecified atom stereocenters. The summed E-state index contributed by atoms with van der Waals surface area (Å²) in [5.74, 6) is 7.41. The zero-order chi connectivity index (χ0) is 13.2. The van der Waals surface area contributed by atoms with Crippen molar-refractivity contribution in [2.75, 3.05) is 13.1 Å². The topological polar surface area (TPSA) is 71.5 Å². The van der Waals surface area contributed by atoms with E-state index in [4.69, 9.17) is 10.3 Å². The van der Waals surface area contributed by atoms with Crippen LogP contribution in [0, 0.1) is 11.8 Å². The largest absolute Gasteiger partial charge is 0.467 e. The van der Waals surface area contributed by atoms with Crippen molar-refractivity contribution in [1.82, 2.24) is 10.3 Å². The first-order chi connectivity index (χ1) is 9.24.